The maximum atomic E-state index is 11.5. The summed E-state index contributed by atoms with van der Waals surface area (Å²) in [6, 6.07) is 5.69. The molecular formula is C11H16AsNO4S. The van der Waals surface area contributed by atoms with Gasteiger partial charge in [0.05, 0.1) is 0 Å². The zero-order valence-electron chi connectivity index (χ0n) is 10.00. The first-order valence-electron chi connectivity index (χ1n) is 5.38. The summed E-state index contributed by atoms with van der Waals surface area (Å²) >= 11 is -3.13. The van der Waals surface area contributed by atoms with Crippen LogP contribution in [0.5, 0.6) is 0 Å². The summed E-state index contributed by atoms with van der Waals surface area (Å²) in [5.74, 6) is 0.853. The van der Waals surface area contributed by atoms with Gasteiger partial charge >= 0.3 is 113 Å². The average Bonchev–Trinajstić information content (AvgIpc) is 2.29. The predicted octanol–water partition coefficient (Wildman–Crippen LogP) is 0.329. The number of thioether (sulfide) groups is 1. The van der Waals surface area contributed by atoms with E-state index in [0.29, 0.717) is 12.1 Å². The fourth-order valence-corrected chi connectivity index (χ4v) is 2.90. The Kier molecular flexibility index (Phi) is 6.02. The van der Waals surface area contributed by atoms with E-state index >= 15 is 0 Å². The van der Waals surface area contributed by atoms with E-state index in [4.69, 9.17) is 8.19 Å². The molecule has 1 rings (SSSR count). The second-order valence-electron chi connectivity index (χ2n) is 3.74. The number of hydrogen-bond donors (Lipinski definition) is 3. The Morgan fingerprint density at radius 2 is 1.94 bits per heavy atom. The second kappa shape index (κ2) is 7.04. The van der Waals surface area contributed by atoms with Crippen LogP contribution in [0.2, 0.25) is 0 Å². The van der Waals surface area contributed by atoms with Crippen LogP contribution in [0.25, 0.3) is 0 Å². The van der Waals surface area contributed by atoms with Crippen molar-refractivity contribution in [3.05, 3.63) is 24.3 Å². The van der Waals surface area contributed by atoms with Gasteiger partial charge in [0.25, 0.3) is 0 Å². The maximum absolute atomic E-state index is 11.5. The summed E-state index contributed by atoms with van der Waals surface area (Å²) in [7, 11) is 0. The van der Waals surface area contributed by atoms with Crippen LogP contribution in [-0.2, 0) is 8.53 Å². The molecule has 5 nitrogen and oxygen atoms in total. The van der Waals surface area contributed by atoms with Crippen LogP contribution in [0.4, 0.5) is 5.69 Å². The Labute approximate surface area is 113 Å². The first-order chi connectivity index (χ1) is 8.43. The molecule has 0 aliphatic heterocycles. The number of carbonyl (C=O) groups excluding carboxylic acids is 1. The molecule has 0 saturated heterocycles. The van der Waals surface area contributed by atoms with Crippen LogP contribution >= 0.6 is 11.8 Å². The molecule has 0 unspecified atom stereocenters. The van der Waals surface area contributed by atoms with Crippen LogP contribution in [0.3, 0.4) is 0 Å². The van der Waals surface area contributed by atoms with Crippen LogP contribution in [0.15, 0.2) is 24.3 Å². The molecule has 0 bridgehead atoms. The van der Waals surface area contributed by atoms with Crippen LogP contribution in [0.1, 0.15) is 12.8 Å². The number of hydrogen-bond acceptors (Lipinski definition) is 3. The van der Waals surface area contributed by atoms with Crippen molar-refractivity contribution in [3.63, 3.8) is 0 Å². The summed E-state index contributed by atoms with van der Waals surface area (Å²) in [5.41, 5.74) is 0.553. The number of rotatable bonds is 6. The minimum absolute atomic E-state index is 0.00788. The number of benzene rings is 1. The number of carbonyl (C=O) groups is 1. The Morgan fingerprint density at radius 3 is 2.44 bits per heavy atom. The first-order valence-corrected chi connectivity index (χ1v) is 10.2. The van der Waals surface area contributed by atoms with Crippen molar-refractivity contribution >= 4 is 41.9 Å². The van der Waals surface area contributed by atoms with Crippen LogP contribution in [0, 0.1) is 0 Å². The van der Waals surface area contributed by atoms with Gasteiger partial charge in [0, 0.05) is 0 Å². The number of amides is 1. The van der Waals surface area contributed by atoms with Gasteiger partial charge in [0.2, 0.25) is 0 Å². The molecule has 1 aromatic carbocycles. The molecule has 0 atom stereocenters. The van der Waals surface area contributed by atoms with Crippen molar-refractivity contribution in [1.82, 2.24) is 0 Å². The number of nitrogens with one attached hydrogen (secondary N) is 1. The Morgan fingerprint density at radius 1 is 1.33 bits per heavy atom. The van der Waals surface area contributed by atoms with Gasteiger partial charge in [-0.2, -0.15) is 0 Å². The molecule has 3 N–H and O–H groups in total. The molecule has 1 aromatic rings. The van der Waals surface area contributed by atoms with Gasteiger partial charge in [-0.15, -0.1) is 0 Å². The number of anilines is 1. The normalized spacial score (nSPS) is 11.3. The second-order valence-corrected chi connectivity index (χ2v) is 8.09. The van der Waals surface area contributed by atoms with E-state index in [0.717, 1.165) is 12.2 Å². The zero-order chi connectivity index (χ0) is 13.6. The van der Waals surface area contributed by atoms with Crippen molar-refractivity contribution in [2.24, 2.45) is 0 Å². The summed E-state index contributed by atoms with van der Waals surface area (Å²) in [5, 5.41) is 2.69. The molecule has 0 aliphatic rings. The summed E-state index contributed by atoms with van der Waals surface area (Å²) in [6.45, 7) is 0. The van der Waals surface area contributed by atoms with Gasteiger partial charge in [0.15, 0.2) is 0 Å². The molecule has 0 aliphatic carbocycles. The Bertz CT molecular complexity index is 443. The fourth-order valence-electron chi connectivity index (χ4n) is 1.34. The molecule has 0 radical (unpaired) electrons. The quantitative estimate of drug-likeness (QED) is 0.516. The average molecular weight is 333 g/mol. The predicted molar refractivity (Wildman–Crippen MR) is 73.2 cm³/mol. The molecule has 0 fully saturated rings. The van der Waals surface area contributed by atoms with Crippen molar-refractivity contribution in [3.8, 4) is 0 Å². The molecule has 100 valence electrons. The topological polar surface area (TPSA) is 86.6 Å². The third kappa shape index (κ3) is 5.31. The monoisotopic (exact) mass is 333 g/mol. The molecule has 0 spiro atoms. The van der Waals surface area contributed by atoms with Crippen molar-refractivity contribution in [2.45, 2.75) is 12.8 Å². The van der Waals surface area contributed by atoms with Crippen LogP contribution < -0.4 is 9.67 Å². The molecule has 0 saturated carbocycles. The van der Waals surface area contributed by atoms with E-state index in [-0.39, 0.29) is 10.3 Å². The van der Waals surface area contributed by atoms with Crippen molar-refractivity contribution in [1.29, 1.82) is 0 Å². The van der Waals surface area contributed by atoms with E-state index in [1.807, 2.05) is 6.26 Å². The van der Waals surface area contributed by atoms with Gasteiger partial charge in [-0.05, 0) is 0 Å². The van der Waals surface area contributed by atoms with Gasteiger partial charge in [-0.3, -0.25) is 0 Å². The summed E-state index contributed by atoms with van der Waals surface area (Å²) < 4.78 is 29.0. The van der Waals surface area contributed by atoms with E-state index in [2.05, 4.69) is 5.32 Å². The van der Waals surface area contributed by atoms with Crippen molar-refractivity contribution in [2.75, 3.05) is 17.3 Å². The first kappa shape index (κ1) is 15.4. The molecule has 7 heteroatoms. The van der Waals surface area contributed by atoms with E-state index in [9.17, 15) is 8.53 Å². The Hall–Kier alpha value is -0.682. The van der Waals surface area contributed by atoms with E-state index in [1.54, 1.807) is 11.8 Å². The van der Waals surface area contributed by atoms with Gasteiger partial charge in [-0.25, -0.2) is 0 Å². The van der Waals surface area contributed by atoms with Crippen LogP contribution in [-0.4, -0.2) is 40.3 Å². The SMILES string of the molecule is CSCCCC(=O)Nc1ccc([As](=O)(O)O)cc1. The van der Waals surface area contributed by atoms with Gasteiger partial charge < -0.3 is 0 Å². The molecule has 1 amide bonds. The van der Waals surface area contributed by atoms with Crippen molar-refractivity contribution < 1.29 is 16.7 Å². The third-order valence-corrected chi connectivity index (χ3v) is 4.97. The molecular weight excluding hydrogens is 317 g/mol. The molecule has 18 heavy (non-hydrogen) atoms. The molecule has 0 aromatic heterocycles. The zero-order valence-corrected chi connectivity index (χ0v) is 12.7. The third-order valence-electron chi connectivity index (χ3n) is 2.24. The van der Waals surface area contributed by atoms with Gasteiger partial charge in [-0.1, -0.05) is 0 Å². The summed E-state index contributed by atoms with van der Waals surface area (Å²) in [6.07, 6.45) is 3.25. The minimum atomic E-state index is -4.82. The van der Waals surface area contributed by atoms with Gasteiger partial charge in [0.1, 0.15) is 0 Å². The van der Waals surface area contributed by atoms with E-state index < -0.39 is 14.2 Å². The fraction of sp³-hybridized carbons (Fsp3) is 0.364. The summed E-state index contributed by atoms with van der Waals surface area (Å²) in [4.78, 5) is 11.5. The Balaban J connectivity index is 2.53. The molecule has 0 heterocycles. The standard InChI is InChI=1S/C11H16AsNO4S/c1-18-8-2-3-11(14)13-10-6-4-9(5-7-10)12(15,16)17/h4-7H,2-3,8H2,1H3,(H,13,14)(H2,15,16,17). The van der Waals surface area contributed by atoms with E-state index in [1.165, 1.54) is 24.3 Å².